The molecule has 7 heteroatoms. The highest BCUT2D eigenvalue weighted by Crippen LogP contribution is 2.35. The Labute approximate surface area is 177 Å². The van der Waals surface area contributed by atoms with Crippen LogP contribution in [0.1, 0.15) is 31.0 Å². The molecule has 7 nitrogen and oxygen atoms in total. The summed E-state index contributed by atoms with van der Waals surface area (Å²) in [5, 5.41) is 24.6. The van der Waals surface area contributed by atoms with Gasteiger partial charge in [-0.1, -0.05) is 36.4 Å². The van der Waals surface area contributed by atoms with Crippen LogP contribution >= 0.6 is 0 Å². The number of nitrogens with zero attached hydrogens (tertiary/aromatic N) is 5. The zero-order valence-corrected chi connectivity index (χ0v) is 17.4. The predicted molar refractivity (Wildman–Crippen MR) is 117 cm³/mol. The van der Waals surface area contributed by atoms with Crippen molar-refractivity contribution in [1.29, 1.82) is 0 Å². The number of piperazine rings is 1. The number of rotatable bonds is 6. The molecular formula is C23H28N6O. The number of aromatic hydroxyl groups is 1. The van der Waals surface area contributed by atoms with Gasteiger partial charge in [-0.25, -0.2) is 0 Å². The van der Waals surface area contributed by atoms with Gasteiger partial charge in [0.15, 0.2) is 0 Å². The molecule has 2 aromatic carbocycles. The lowest BCUT2D eigenvalue weighted by atomic mass is 9.92. The van der Waals surface area contributed by atoms with Crippen molar-refractivity contribution in [2.75, 3.05) is 19.6 Å². The smallest absolute Gasteiger partial charge is 0.204 e. The lowest BCUT2D eigenvalue weighted by molar-refractivity contribution is 0.0306. The Morgan fingerprint density at radius 3 is 2.60 bits per heavy atom. The highest BCUT2D eigenvalue weighted by Gasteiger charge is 2.34. The van der Waals surface area contributed by atoms with Crippen molar-refractivity contribution >= 4 is 0 Å². The minimum atomic E-state index is 0.00674. The molecule has 30 heavy (non-hydrogen) atoms. The van der Waals surface area contributed by atoms with Gasteiger partial charge in [-0.2, -0.15) is 5.21 Å². The van der Waals surface area contributed by atoms with Crippen LogP contribution in [0.2, 0.25) is 0 Å². The van der Waals surface area contributed by atoms with Crippen LogP contribution in [0.4, 0.5) is 0 Å². The van der Waals surface area contributed by atoms with E-state index >= 15 is 0 Å². The molecule has 3 aromatic rings. The molecule has 1 saturated heterocycles. The molecule has 0 saturated carbocycles. The van der Waals surface area contributed by atoms with E-state index in [0.29, 0.717) is 17.9 Å². The standard InChI is InChI=1S/C23H28N6O/c1-4-11-28-14-17(3)29(15-16(28)2)22(19-8-6-10-21(30)13-19)18-7-5-9-20(12-18)23-24-26-27-25-23/h4-10,12-13,16-17,22,30H,1,11,14-15H2,2-3H3,(H,24,25,26,27)/t16-,17+,22-/m1/s1. The quantitative estimate of drug-likeness (QED) is 0.614. The van der Waals surface area contributed by atoms with Crippen LogP contribution in [0.3, 0.4) is 0 Å². The molecule has 2 N–H and O–H groups in total. The normalized spacial score (nSPS) is 21.4. The highest BCUT2D eigenvalue weighted by molar-refractivity contribution is 5.56. The summed E-state index contributed by atoms with van der Waals surface area (Å²) in [5.74, 6) is 0.849. The molecular weight excluding hydrogens is 376 g/mol. The molecule has 0 amide bonds. The van der Waals surface area contributed by atoms with Crippen LogP contribution < -0.4 is 0 Å². The summed E-state index contributed by atoms with van der Waals surface area (Å²) in [5.41, 5.74) is 3.12. The van der Waals surface area contributed by atoms with E-state index in [0.717, 1.165) is 36.3 Å². The predicted octanol–water partition coefficient (Wildman–Crippen LogP) is 3.24. The Hall–Kier alpha value is -3.03. The van der Waals surface area contributed by atoms with Gasteiger partial charge in [0.25, 0.3) is 0 Å². The summed E-state index contributed by atoms with van der Waals surface area (Å²) in [6, 6.07) is 16.6. The SMILES string of the molecule is C=CCN1C[C@H](C)N([C@@H](c2cccc(O)c2)c2cccc(-c3nn[nH]n3)c2)C[C@H]1C. The van der Waals surface area contributed by atoms with Crippen LogP contribution in [-0.4, -0.2) is 67.2 Å². The van der Waals surface area contributed by atoms with E-state index in [2.05, 4.69) is 69.0 Å². The number of tetrazole rings is 1. The number of aromatic nitrogens is 4. The van der Waals surface area contributed by atoms with Gasteiger partial charge in [-0.05, 0) is 48.4 Å². The first-order valence-electron chi connectivity index (χ1n) is 10.3. The van der Waals surface area contributed by atoms with Crippen LogP contribution in [0, 0.1) is 0 Å². The van der Waals surface area contributed by atoms with E-state index in [4.69, 9.17) is 0 Å². The second kappa shape index (κ2) is 8.77. The molecule has 1 aromatic heterocycles. The molecule has 1 fully saturated rings. The number of H-pyrrole nitrogens is 1. The van der Waals surface area contributed by atoms with Crippen molar-refractivity contribution in [2.24, 2.45) is 0 Å². The highest BCUT2D eigenvalue weighted by atomic mass is 16.3. The van der Waals surface area contributed by atoms with E-state index in [9.17, 15) is 5.11 Å². The molecule has 156 valence electrons. The maximum absolute atomic E-state index is 10.2. The second-order valence-corrected chi connectivity index (χ2v) is 8.00. The fourth-order valence-electron chi connectivity index (χ4n) is 4.41. The molecule has 0 aliphatic carbocycles. The Balaban J connectivity index is 1.75. The molecule has 0 unspecified atom stereocenters. The van der Waals surface area contributed by atoms with Crippen molar-refractivity contribution in [1.82, 2.24) is 30.4 Å². The number of hydrogen-bond donors (Lipinski definition) is 2. The molecule has 0 radical (unpaired) electrons. The van der Waals surface area contributed by atoms with Crippen molar-refractivity contribution in [2.45, 2.75) is 32.0 Å². The van der Waals surface area contributed by atoms with Gasteiger partial charge in [-0.3, -0.25) is 9.80 Å². The molecule has 1 aliphatic heterocycles. The molecule has 1 aliphatic rings. The van der Waals surface area contributed by atoms with Crippen molar-refractivity contribution < 1.29 is 5.11 Å². The first-order chi connectivity index (χ1) is 14.6. The zero-order chi connectivity index (χ0) is 21.1. The fraction of sp³-hybridized carbons (Fsp3) is 0.348. The third-order valence-electron chi connectivity index (χ3n) is 5.85. The number of phenolic OH excluding ortho intramolecular Hbond substituents is 1. The number of benzene rings is 2. The van der Waals surface area contributed by atoms with E-state index in [1.54, 1.807) is 6.07 Å². The van der Waals surface area contributed by atoms with Gasteiger partial charge < -0.3 is 5.11 Å². The Morgan fingerprint density at radius 1 is 1.13 bits per heavy atom. The lowest BCUT2D eigenvalue weighted by Gasteiger charge is -2.47. The fourth-order valence-corrected chi connectivity index (χ4v) is 4.41. The molecule has 2 heterocycles. The topological polar surface area (TPSA) is 81.2 Å². The van der Waals surface area contributed by atoms with Crippen molar-refractivity contribution in [3.8, 4) is 17.1 Å². The first-order valence-corrected chi connectivity index (χ1v) is 10.3. The Kier molecular flexibility index (Phi) is 5.92. The number of nitrogens with one attached hydrogen (secondary N) is 1. The molecule has 4 rings (SSSR count). The van der Waals surface area contributed by atoms with Crippen molar-refractivity contribution in [3.05, 3.63) is 72.3 Å². The number of aromatic amines is 1. The third kappa shape index (κ3) is 4.13. The van der Waals surface area contributed by atoms with Gasteiger partial charge in [0.1, 0.15) is 5.75 Å². The van der Waals surface area contributed by atoms with Crippen molar-refractivity contribution in [3.63, 3.8) is 0 Å². The van der Waals surface area contributed by atoms with E-state index in [-0.39, 0.29) is 11.8 Å². The maximum atomic E-state index is 10.2. The minimum Gasteiger partial charge on any atom is -0.508 e. The summed E-state index contributed by atoms with van der Waals surface area (Å²) in [6.45, 7) is 11.2. The first kappa shape index (κ1) is 20.3. The van der Waals surface area contributed by atoms with Crippen LogP contribution in [0.25, 0.3) is 11.4 Å². The minimum absolute atomic E-state index is 0.00674. The zero-order valence-electron chi connectivity index (χ0n) is 17.4. The Morgan fingerprint density at radius 2 is 1.90 bits per heavy atom. The largest absolute Gasteiger partial charge is 0.508 e. The second-order valence-electron chi connectivity index (χ2n) is 8.00. The summed E-state index contributed by atoms with van der Waals surface area (Å²) in [6.07, 6.45) is 1.97. The lowest BCUT2D eigenvalue weighted by Crippen LogP contribution is -2.57. The van der Waals surface area contributed by atoms with Gasteiger partial charge in [-0.15, -0.1) is 16.8 Å². The third-order valence-corrected chi connectivity index (χ3v) is 5.85. The maximum Gasteiger partial charge on any atom is 0.204 e. The number of phenols is 1. The van der Waals surface area contributed by atoms with E-state index in [1.807, 2.05) is 30.3 Å². The summed E-state index contributed by atoms with van der Waals surface area (Å²) >= 11 is 0. The van der Waals surface area contributed by atoms with Gasteiger partial charge in [0, 0.05) is 37.3 Å². The monoisotopic (exact) mass is 404 g/mol. The summed E-state index contributed by atoms with van der Waals surface area (Å²) in [4.78, 5) is 4.98. The van der Waals surface area contributed by atoms with Gasteiger partial charge >= 0.3 is 0 Å². The van der Waals surface area contributed by atoms with E-state index in [1.165, 1.54) is 0 Å². The molecule has 0 spiro atoms. The number of hydrogen-bond acceptors (Lipinski definition) is 6. The summed E-state index contributed by atoms with van der Waals surface area (Å²) < 4.78 is 0. The molecule has 0 bridgehead atoms. The Bertz CT molecular complexity index is 989. The van der Waals surface area contributed by atoms with E-state index < -0.39 is 0 Å². The van der Waals surface area contributed by atoms with Crippen LogP contribution in [-0.2, 0) is 0 Å². The van der Waals surface area contributed by atoms with Gasteiger partial charge in [0.2, 0.25) is 5.82 Å². The average molecular weight is 405 g/mol. The molecule has 3 atom stereocenters. The van der Waals surface area contributed by atoms with Gasteiger partial charge in [0.05, 0.1) is 6.04 Å². The van der Waals surface area contributed by atoms with Crippen LogP contribution in [0.5, 0.6) is 5.75 Å². The average Bonchev–Trinajstić information content (AvgIpc) is 3.27. The van der Waals surface area contributed by atoms with Crippen LogP contribution in [0.15, 0.2) is 61.2 Å². The summed E-state index contributed by atoms with van der Waals surface area (Å²) in [7, 11) is 0.